The number of nitrogens with one attached hydrogen (secondary N) is 1. The van der Waals surface area contributed by atoms with E-state index in [1.807, 2.05) is 25.9 Å². The van der Waals surface area contributed by atoms with E-state index in [1.54, 1.807) is 18.2 Å². The average molecular weight is 250 g/mol. The van der Waals surface area contributed by atoms with Gasteiger partial charge in [0.05, 0.1) is 11.3 Å². The summed E-state index contributed by atoms with van der Waals surface area (Å²) in [5, 5.41) is 11.8. The molecule has 0 atom stereocenters. The molecule has 0 aliphatic heterocycles. The first-order valence-corrected chi connectivity index (χ1v) is 5.80. The second kappa shape index (κ2) is 6.05. The standard InChI is InChI=1S/C13H18N2O3/c1-4-5-12(16)14-11-7-6-9(15(2)3)8-10(11)13(17)18/h6-8H,4-5H2,1-3H3,(H,14,16)(H,17,18). The molecule has 5 heteroatoms. The van der Waals surface area contributed by atoms with Gasteiger partial charge < -0.3 is 15.3 Å². The zero-order valence-electron chi connectivity index (χ0n) is 10.9. The molecule has 1 amide bonds. The van der Waals surface area contributed by atoms with E-state index in [0.29, 0.717) is 12.1 Å². The van der Waals surface area contributed by atoms with Crippen LogP contribution in [-0.4, -0.2) is 31.1 Å². The first kappa shape index (κ1) is 14.0. The molecule has 5 nitrogen and oxygen atoms in total. The second-order valence-electron chi connectivity index (χ2n) is 4.23. The third kappa shape index (κ3) is 3.48. The van der Waals surface area contributed by atoms with Gasteiger partial charge in [0.15, 0.2) is 0 Å². The summed E-state index contributed by atoms with van der Waals surface area (Å²) < 4.78 is 0. The largest absolute Gasteiger partial charge is 0.478 e. The smallest absolute Gasteiger partial charge is 0.337 e. The predicted molar refractivity (Wildman–Crippen MR) is 71.3 cm³/mol. The third-order valence-electron chi connectivity index (χ3n) is 2.50. The van der Waals surface area contributed by atoms with Crippen molar-refractivity contribution in [2.45, 2.75) is 19.8 Å². The van der Waals surface area contributed by atoms with Crippen molar-refractivity contribution in [3.05, 3.63) is 23.8 Å². The quantitative estimate of drug-likeness (QED) is 0.840. The van der Waals surface area contributed by atoms with Crippen LogP contribution in [0.3, 0.4) is 0 Å². The van der Waals surface area contributed by atoms with Gasteiger partial charge in [0.1, 0.15) is 0 Å². The van der Waals surface area contributed by atoms with Crippen LogP contribution in [0.1, 0.15) is 30.1 Å². The number of carbonyl (C=O) groups excluding carboxylic acids is 1. The van der Waals surface area contributed by atoms with E-state index in [2.05, 4.69) is 5.32 Å². The molecule has 18 heavy (non-hydrogen) atoms. The monoisotopic (exact) mass is 250 g/mol. The Bertz CT molecular complexity index is 456. The third-order valence-corrected chi connectivity index (χ3v) is 2.50. The van der Waals surface area contributed by atoms with Crippen molar-refractivity contribution in [3.8, 4) is 0 Å². The number of rotatable bonds is 5. The zero-order valence-corrected chi connectivity index (χ0v) is 10.9. The van der Waals surface area contributed by atoms with Gasteiger partial charge in [-0.25, -0.2) is 4.79 Å². The Kier molecular flexibility index (Phi) is 4.71. The number of carbonyl (C=O) groups is 2. The minimum absolute atomic E-state index is 0.102. The van der Waals surface area contributed by atoms with Gasteiger partial charge in [-0.3, -0.25) is 4.79 Å². The summed E-state index contributed by atoms with van der Waals surface area (Å²) in [5.41, 5.74) is 1.22. The van der Waals surface area contributed by atoms with Crippen LogP contribution in [0.5, 0.6) is 0 Å². The summed E-state index contributed by atoms with van der Waals surface area (Å²) in [4.78, 5) is 24.5. The van der Waals surface area contributed by atoms with Crippen LogP contribution in [0.2, 0.25) is 0 Å². The first-order valence-electron chi connectivity index (χ1n) is 5.80. The van der Waals surface area contributed by atoms with E-state index in [4.69, 9.17) is 5.11 Å². The molecule has 0 aliphatic carbocycles. The Hall–Kier alpha value is -2.04. The van der Waals surface area contributed by atoms with Crippen molar-refractivity contribution < 1.29 is 14.7 Å². The summed E-state index contributed by atoms with van der Waals surface area (Å²) in [6.45, 7) is 1.90. The van der Waals surface area contributed by atoms with Crippen LogP contribution in [0.25, 0.3) is 0 Å². The number of carboxylic acid groups (broad SMARTS) is 1. The number of aromatic carboxylic acids is 1. The SMILES string of the molecule is CCCC(=O)Nc1ccc(N(C)C)cc1C(=O)O. The van der Waals surface area contributed by atoms with Gasteiger partial charge in [0.25, 0.3) is 0 Å². The normalized spacial score (nSPS) is 9.94. The minimum Gasteiger partial charge on any atom is -0.478 e. The fourth-order valence-electron chi connectivity index (χ4n) is 1.54. The lowest BCUT2D eigenvalue weighted by Gasteiger charge is -2.15. The van der Waals surface area contributed by atoms with Crippen LogP contribution in [-0.2, 0) is 4.79 Å². The molecule has 2 N–H and O–H groups in total. The highest BCUT2D eigenvalue weighted by atomic mass is 16.4. The fraction of sp³-hybridized carbons (Fsp3) is 0.385. The molecule has 0 unspecified atom stereocenters. The van der Waals surface area contributed by atoms with Crippen LogP contribution in [0.15, 0.2) is 18.2 Å². The van der Waals surface area contributed by atoms with Crippen molar-refractivity contribution in [1.29, 1.82) is 0 Å². The minimum atomic E-state index is -1.05. The molecule has 0 saturated carbocycles. The first-order chi connectivity index (χ1) is 8.45. The summed E-state index contributed by atoms with van der Waals surface area (Å²) >= 11 is 0. The number of amides is 1. The van der Waals surface area contributed by atoms with Crippen LogP contribution in [0.4, 0.5) is 11.4 Å². The van der Waals surface area contributed by atoms with E-state index >= 15 is 0 Å². The zero-order chi connectivity index (χ0) is 13.7. The van der Waals surface area contributed by atoms with Gasteiger partial charge in [-0.05, 0) is 24.6 Å². The van der Waals surface area contributed by atoms with Crippen molar-refractivity contribution >= 4 is 23.3 Å². The molecule has 0 aliphatic rings. The molecule has 1 aromatic rings. The number of benzene rings is 1. The molecule has 0 spiro atoms. The number of carboxylic acids is 1. The molecule has 98 valence electrons. The van der Waals surface area contributed by atoms with Gasteiger partial charge in [-0.2, -0.15) is 0 Å². The van der Waals surface area contributed by atoms with Crippen molar-refractivity contribution in [1.82, 2.24) is 0 Å². The molecule has 0 saturated heterocycles. The van der Waals surface area contributed by atoms with Crippen molar-refractivity contribution in [2.24, 2.45) is 0 Å². The number of hydrogen-bond acceptors (Lipinski definition) is 3. The van der Waals surface area contributed by atoms with E-state index < -0.39 is 5.97 Å². The van der Waals surface area contributed by atoms with Crippen molar-refractivity contribution in [3.63, 3.8) is 0 Å². The molecule has 0 aromatic heterocycles. The molecule has 1 aromatic carbocycles. The molecule has 1 rings (SSSR count). The van der Waals surface area contributed by atoms with E-state index in [0.717, 1.165) is 12.1 Å². The number of nitrogens with zero attached hydrogens (tertiary/aromatic N) is 1. The lowest BCUT2D eigenvalue weighted by molar-refractivity contribution is -0.116. The predicted octanol–water partition coefficient (Wildman–Crippen LogP) is 2.19. The van der Waals surface area contributed by atoms with Gasteiger partial charge in [-0.15, -0.1) is 0 Å². The Morgan fingerprint density at radius 3 is 2.50 bits per heavy atom. The highest BCUT2D eigenvalue weighted by Crippen LogP contribution is 2.22. The highest BCUT2D eigenvalue weighted by Gasteiger charge is 2.13. The summed E-state index contributed by atoms with van der Waals surface area (Å²) in [6.07, 6.45) is 1.11. The van der Waals surface area contributed by atoms with Crippen LogP contribution in [0, 0.1) is 0 Å². The maximum absolute atomic E-state index is 11.5. The second-order valence-corrected chi connectivity index (χ2v) is 4.23. The van der Waals surface area contributed by atoms with E-state index in [1.165, 1.54) is 0 Å². The lowest BCUT2D eigenvalue weighted by atomic mass is 10.1. The Morgan fingerprint density at radius 2 is 2.00 bits per heavy atom. The maximum Gasteiger partial charge on any atom is 0.337 e. The molecule has 0 radical (unpaired) electrons. The number of anilines is 2. The molecule has 0 bridgehead atoms. The Balaban J connectivity index is 3.04. The van der Waals surface area contributed by atoms with E-state index in [9.17, 15) is 9.59 Å². The average Bonchev–Trinajstić information content (AvgIpc) is 2.29. The van der Waals surface area contributed by atoms with Crippen LogP contribution < -0.4 is 10.2 Å². The van der Waals surface area contributed by atoms with E-state index in [-0.39, 0.29) is 11.5 Å². The Labute approximate surface area is 106 Å². The lowest BCUT2D eigenvalue weighted by Crippen LogP contribution is -2.15. The maximum atomic E-state index is 11.5. The number of hydrogen-bond donors (Lipinski definition) is 2. The summed E-state index contributed by atoms with van der Waals surface area (Å²) in [5.74, 6) is -1.22. The molecular formula is C13H18N2O3. The Morgan fingerprint density at radius 1 is 1.33 bits per heavy atom. The molecule has 0 fully saturated rings. The summed E-state index contributed by atoms with van der Waals surface area (Å²) in [7, 11) is 3.66. The summed E-state index contributed by atoms with van der Waals surface area (Å²) in [6, 6.07) is 4.93. The molecular weight excluding hydrogens is 232 g/mol. The van der Waals surface area contributed by atoms with Crippen LogP contribution >= 0.6 is 0 Å². The van der Waals surface area contributed by atoms with Gasteiger partial charge in [0.2, 0.25) is 5.91 Å². The van der Waals surface area contributed by atoms with Gasteiger partial charge >= 0.3 is 5.97 Å². The van der Waals surface area contributed by atoms with Gasteiger partial charge in [-0.1, -0.05) is 6.92 Å². The highest BCUT2D eigenvalue weighted by molar-refractivity contribution is 6.01. The molecule has 0 heterocycles. The van der Waals surface area contributed by atoms with Gasteiger partial charge in [0, 0.05) is 26.2 Å². The fourth-order valence-corrected chi connectivity index (χ4v) is 1.54. The van der Waals surface area contributed by atoms with Crippen molar-refractivity contribution in [2.75, 3.05) is 24.3 Å². The topological polar surface area (TPSA) is 69.6 Å².